The van der Waals surface area contributed by atoms with E-state index in [1.165, 1.54) is 12.0 Å². The first-order valence-corrected chi connectivity index (χ1v) is 18.1. The van der Waals surface area contributed by atoms with Gasteiger partial charge in [0.1, 0.15) is 11.5 Å². The van der Waals surface area contributed by atoms with Crippen LogP contribution in [-0.4, -0.2) is 68.9 Å². The van der Waals surface area contributed by atoms with Crippen molar-refractivity contribution in [3.05, 3.63) is 29.8 Å². The molecule has 2 amide bonds. The predicted molar refractivity (Wildman–Crippen MR) is 168 cm³/mol. The van der Waals surface area contributed by atoms with Crippen molar-refractivity contribution in [2.45, 2.75) is 120 Å². The minimum Gasteiger partial charge on any atom is -0.466 e. The zero-order valence-electron chi connectivity index (χ0n) is 27.4. The molecule has 0 aromatic heterocycles. The monoisotopic (exact) mass is 627 g/mol. The summed E-state index contributed by atoms with van der Waals surface area (Å²) in [7, 11) is -1.03. The molecule has 2 spiro atoms. The molecule has 4 rings (SSSR count). The third-order valence-corrected chi connectivity index (χ3v) is 16.9. The molecule has 242 valence electrons. The summed E-state index contributed by atoms with van der Waals surface area (Å²) in [6.07, 6.45) is -0.847. The molecule has 0 radical (unpaired) electrons. The van der Waals surface area contributed by atoms with Crippen LogP contribution in [0.2, 0.25) is 16.6 Å². The maximum atomic E-state index is 14.1. The average Bonchev–Trinajstić information content (AvgIpc) is 3.39. The molecule has 10 nitrogen and oxygen atoms in total. The second-order valence-corrected chi connectivity index (χ2v) is 19.1. The molecule has 3 unspecified atom stereocenters. The van der Waals surface area contributed by atoms with E-state index in [0.29, 0.717) is 34.3 Å². The number of carbonyl (C=O) groups is 3. The molecule has 1 aromatic rings. The van der Waals surface area contributed by atoms with Crippen LogP contribution in [0.4, 0.5) is 10.5 Å². The average molecular weight is 628 g/mol. The number of hydrogen-bond donors (Lipinski definition) is 2. The molecular weight excluding hydrogens is 578 g/mol. The number of para-hydroxylation sites is 1. The van der Waals surface area contributed by atoms with Gasteiger partial charge in [0.05, 0.1) is 36.9 Å². The third kappa shape index (κ3) is 4.94. The molecule has 2 heterocycles. The van der Waals surface area contributed by atoms with Crippen LogP contribution in [0.3, 0.4) is 0 Å². The van der Waals surface area contributed by atoms with E-state index in [9.17, 15) is 24.8 Å². The summed E-state index contributed by atoms with van der Waals surface area (Å²) in [6.45, 7) is 15.3. The van der Waals surface area contributed by atoms with E-state index in [1.807, 2.05) is 12.1 Å². The van der Waals surface area contributed by atoms with Gasteiger partial charge in [0.25, 0.3) is 0 Å². The predicted octanol–water partition coefficient (Wildman–Crippen LogP) is 5.34. The van der Waals surface area contributed by atoms with Gasteiger partial charge in [-0.2, -0.15) is 5.26 Å². The van der Waals surface area contributed by atoms with Crippen molar-refractivity contribution < 1.29 is 33.4 Å². The maximum Gasteiger partial charge on any atom is 0.414 e. The molecule has 3 aliphatic rings. The van der Waals surface area contributed by atoms with E-state index in [2.05, 4.69) is 52.9 Å². The smallest absolute Gasteiger partial charge is 0.414 e. The van der Waals surface area contributed by atoms with Gasteiger partial charge in [-0.1, -0.05) is 59.7 Å². The van der Waals surface area contributed by atoms with E-state index in [4.69, 9.17) is 13.9 Å². The number of amides is 2. The molecule has 1 saturated carbocycles. The third-order valence-electron chi connectivity index (χ3n) is 10.8. The first-order chi connectivity index (χ1) is 20.7. The number of benzene rings is 1. The van der Waals surface area contributed by atoms with E-state index >= 15 is 0 Å². The van der Waals surface area contributed by atoms with Crippen LogP contribution in [0.1, 0.15) is 86.1 Å². The molecule has 5 atom stereocenters. The molecule has 1 saturated heterocycles. The van der Waals surface area contributed by atoms with E-state index in [1.54, 1.807) is 19.1 Å². The molecule has 1 aliphatic carbocycles. The topological polar surface area (TPSA) is 138 Å². The Morgan fingerprint density at radius 1 is 1.11 bits per heavy atom. The Bertz CT molecular complexity index is 1290. The lowest BCUT2D eigenvalue weighted by Gasteiger charge is -2.55. The number of fused-ring (bicyclic) bond motifs is 1. The fourth-order valence-electron chi connectivity index (χ4n) is 9.19. The van der Waals surface area contributed by atoms with Gasteiger partial charge in [0.2, 0.25) is 5.91 Å². The summed E-state index contributed by atoms with van der Waals surface area (Å²) in [5.41, 5.74) is -1.48. The summed E-state index contributed by atoms with van der Waals surface area (Å²) < 4.78 is 18.0. The van der Waals surface area contributed by atoms with E-state index < -0.39 is 54.8 Å². The summed E-state index contributed by atoms with van der Waals surface area (Å²) in [5.74, 6) is -2.05. The van der Waals surface area contributed by atoms with Crippen LogP contribution in [-0.2, 0) is 28.9 Å². The Labute approximate surface area is 262 Å². The maximum absolute atomic E-state index is 14.1. The summed E-state index contributed by atoms with van der Waals surface area (Å²) in [6, 6.07) is 9.93. The minimum absolute atomic E-state index is 0.100. The number of aliphatic hydroxyl groups excluding tert-OH is 1. The Balaban J connectivity index is 1.92. The molecule has 11 heteroatoms. The van der Waals surface area contributed by atoms with Crippen molar-refractivity contribution in [3.63, 3.8) is 0 Å². The molecule has 2 fully saturated rings. The van der Waals surface area contributed by atoms with Gasteiger partial charge in [-0.15, -0.1) is 0 Å². The lowest BCUT2D eigenvalue weighted by Crippen LogP contribution is -2.70. The van der Waals surface area contributed by atoms with Gasteiger partial charge in [-0.25, -0.2) is 4.79 Å². The highest BCUT2D eigenvalue weighted by Crippen LogP contribution is 2.63. The van der Waals surface area contributed by atoms with Crippen molar-refractivity contribution >= 4 is 32.0 Å². The van der Waals surface area contributed by atoms with Crippen LogP contribution < -0.4 is 10.2 Å². The highest BCUT2D eigenvalue weighted by atomic mass is 28.4. The summed E-state index contributed by atoms with van der Waals surface area (Å²) in [5, 5.41) is 24.7. The number of esters is 1. The van der Waals surface area contributed by atoms with Gasteiger partial charge >= 0.3 is 12.1 Å². The largest absolute Gasteiger partial charge is 0.466 e. The molecule has 44 heavy (non-hydrogen) atoms. The zero-order chi connectivity index (χ0) is 32.7. The van der Waals surface area contributed by atoms with Gasteiger partial charge < -0.3 is 24.3 Å². The molecular formula is C33H49N3O7Si. The Hall–Kier alpha value is -2.94. The van der Waals surface area contributed by atoms with Crippen molar-refractivity contribution in [1.82, 2.24) is 5.32 Å². The highest BCUT2D eigenvalue weighted by Gasteiger charge is 2.72. The number of methoxy groups -OCH3 is 1. The summed E-state index contributed by atoms with van der Waals surface area (Å²) in [4.78, 5) is 41.9. The van der Waals surface area contributed by atoms with Gasteiger partial charge in [-0.3, -0.25) is 14.5 Å². The highest BCUT2D eigenvalue weighted by molar-refractivity contribution is 6.77. The number of carbonyl (C=O) groups excluding carboxylic acids is 3. The standard InChI is InChI=1S/C33H49N3O7Si/c1-9-42-29(39)25-18-31(19-27(37)28(38)35-31)14-15-33(25)32(20-34,16-17-43-44(21(2)3,22(4)5)23(6)7)24-12-10-11-13-26(24)36(33)30(40)41-8/h10-13,21-23,25,27,37H,9,14-19H2,1-8H3,(H,35,38)/t25?,27?,31-,32+,33?/m1/s1. The normalized spacial score (nSPS) is 29.8. The Kier molecular flexibility index (Phi) is 9.60. The molecule has 1 aromatic carbocycles. The number of hydrogen-bond acceptors (Lipinski definition) is 8. The van der Waals surface area contributed by atoms with E-state index in [0.717, 1.165) is 0 Å². The van der Waals surface area contributed by atoms with Gasteiger partial charge in [-0.05, 0) is 60.9 Å². The minimum atomic E-state index is -2.32. The number of anilines is 1. The fraction of sp³-hybridized carbons (Fsp3) is 0.697. The number of rotatable bonds is 9. The second-order valence-electron chi connectivity index (χ2n) is 13.7. The van der Waals surface area contributed by atoms with Crippen molar-refractivity contribution in [1.29, 1.82) is 5.26 Å². The SMILES string of the molecule is CCOC(=O)C1C[C@]2(CCC13N(C(=O)OC)c1ccccc1[C@@]3(C#N)CCO[Si](C(C)C)(C(C)C)C(C)C)CC(O)C(=O)N2. The van der Waals surface area contributed by atoms with Crippen molar-refractivity contribution in [2.24, 2.45) is 5.92 Å². The molecule has 0 bridgehead atoms. The number of nitrogens with zero attached hydrogens (tertiary/aromatic N) is 2. The lowest BCUT2D eigenvalue weighted by atomic mass is 9.53. The van der Waals surface area contributed by atoms with Gasteiger partial charge in [0, 0.05) is 18.6 Å². The van der Waals surface area contributed by atoms with Crippen molar-refractivity contribution in [2.75, 3.05) is 25.2 Å². The first kappa shape index (κ1) is 33.9. The number of nitrogens with one attached hydrogen (secondary N) is 1. The number of nitriles is 1. The van der Waals surface area contributed by atoms with Crippen LogP contribution in [0.25, 0.3) is 0 Å². The van der Waals surface area contributed by atoms with Crippen molar-refractivity contribution in [3.8, 4) is 6.07 Å². The van der Waals surface area contributed by atoms with Crippen LogP contribution in [0.5, 0.6) is 0 Å². The quantitative estimate of drug-likeness (QED) is 0.277. The Morgan fingerprint density at radius 2 is 1.75 bits per heavy atom. The molecule has 2 aliphatic heterocycles. The van der Waals surface area contributed by atoms with Crippen LogP contribution in [0, 0.1) is 17.2 Å². The first-order valence-electron chi connectivity index (χ1n) is 15.9. The number of aliphatic hydroxyl groups is 1. The second kappa shape index (κ2) is 12.5. The lowest BCUT2D eigenvalue weighted by molar-refractivity contribution is -0.155. The Morgan fingerprint density at radius 3 is 2.27 bits per heavy atom. The zero-order valence-corrected chi connectivity index (χ0v) is 28.4. The van der Waals surface area contributed by atoms with Crippen LogP contribution in [0.15, 0.2) is 24.3 Å². The van der Waals surface area contributed by atoms with E-state index in [-0.39, 0.29) is 38.9 Å². The van der Waals surface area contributed by atoms with Gasteiger partial charge in [0.15, 0.2) is 8.32 Å². The number of ether oxygens (including phenoxy) is 2. The molecule has 2 N–H and O–H groups in total. The fourth-order valence-corrected chi connectivity index (χ4v) is 14.6. The van der Waals surface area contributed by atoms with Crippen LogP contribution >= 0.6 is 0 Å². The summed E-state index contributed by atoms with van der Waals surface area (Å²) >= 11 is 0.